The minimum absolute atomic E-state index is 0.0643. The van der Waals surface area contributed by atoms with Crippen molar-refractivity contribution in [2.75, 3.05) is 13.1 Å². The zero-order valence-electron chi connectivity index (χ0n) is 11.9. The number of Topliss-reactive ketones (excluding diaryl/α,β-unsaturated/α-hetero) is 1. The van der Waals surface area contributed by atoms with Crippen molar-refractivity contribution < 1.29 is 13.2 Å². The summed E-state index contributed by atoms with van der Waals surface area (Å²) in [4.78, 5) is 11.5. The molecule has 2 unspecified atom stereocenters. The van der Waals surface area contributed by atoms with Crippen molar-refractivity contribution >= 4 is 27.6 Å². The van der Waals surface area contributed by atoms with E-state index in [0.29, 0.717) is 29.2 Å². The Hall–Kier alpha value is -0.850. The molecule has 4 nitrogen and oxygen atoms in total. The molecule has 0 amide bonds. The molecule has 1 saturated heterocycles. The SMILES string of the molecule is CC(=O)c1ccc(S(=O)(=O)N2CC(C)SC(C)C2)cc1. The molecule has 0 bridgehead atoms. The van der Waals surface area contributed by atoms with Crippen molar-refractivity contribution in [1.29, 1.82) is 0 Å². The van der Waals surface area contributed by atoms with Gasteiger partial charge in [0.1, 0.15) is 0 Å². The smallest absolute Gasteiger partial charge is 0.243 e. The van der Waals surface area contributed by atoms with Gasteiger partial charge in [0.05, 0.1) is 4.90 Å². The first-order valence-electron chi connectivity index (χ1n) is 6.57. The number of benzene rings is 1. The van der Waals surface area contributed by atoms with Crippen molar-refractivity contribution in [1.82, 2.24) is 4.31 Å². The molecular formula is C14H19NO3S2. The maximum atomic E-state index is 12.6. The second-order valence-corrected chi connectivity index (χ2v) is 8.98. The van der Waals surface area contributed by atoms with E-state index in [1.165, 1.54) is 19.1 Å². The lowest BCUT2D eigenvalue weighted by Crippen LogP contribution is -2.43. The van der Waals surface area contributed by atoms with Crippen LogP contribution in [0.1, 0.15) is 31.1 Å². The van der Waals surface area contributed by atoms with Crippen LogP contribution in [0.3, 0.4) is 0 Å². The molecule has 1 aliphatic heterocycles. The fourth-order valence-corrected chi connectivity index (χ4v) is 5.47. The molecule has 1 aromatic carbocycles. The fraction of sp³-hybridized carbons (Fsp3) is 0.500. The van der Waals surface area contributed by atoms with Crippen LogP contribution in [0.15, 0.2) is 29.2 Å². The zero-order valence-corrected chi connectivity index (χ0v) is 13.5. The summed E-state index contributed by atoms with van der Waals surface area (Å²) in [5.74, 6) is -0.0643. The van der Waals surface area contributed by atoms with Gasteiger partial charge < -0.3 is 0 Å². The maximum absolute atomic E-state index is 12.6. The van der Waals surface area contributed by atoms with Crippen LogP contribution >= 0.6 is 11.8 Å². The zero-order chi connectivity index (χ0) is 14.9. The van der Waals surface area contributed by atoms with E-state index >= 15 is 0 Å². The van der Waals surface area contributed by atoms with E-state index in [2.05, 4.69) is 0 Å². The van der Waals surface area contributed by atoms with E-state index in [9.17, 15) is 13.2 Å². The molecule has 0 aliphatic carbocycles. The predicted octanol–water partition coefficient (Wildman–Crippen LogP) is 2.40. The molecule has 0 N–H and O–H groups in total. The minimum Gasteiger partial charge on any atom is -0.295 e. The number of rotatable bonds is 3. The van der Waals surface area contributed by atoms with Crippen molar-refractivity contribution in [2.45, 2.75) is 36.2 Å². The topological polar surface area (TPSA) is 54.5 Å². The highest BCUT2D eigenvalue weighted by molar-refractivity contribution is 8.00. The highest BCUT2D eigenvalue weighted by atomic mass is 32.2. The summed E-state index contributed by atoms with van der Waals surface area (Å²) in [5, 5.41) is 0.593. The van der Waals surface area contributed by atoms with Crippen LogP contribution in [0.2, 0.25) is 0 Å². The van der Waals surface area contributed by atoms with E-state index in [4.69, 9.17) is 0 Å². The molecule has 1 heterocycles. The van der Waals surface area contributed by atoms with Crippen molar-refractivity contribution in [3.63, 3.8) is 0 Å². The molecule has 0 aromatic heterocycles. The summed E-state index contributed by atoms with van der Waals surface area (Å²) in [6.07, 6.45) is 0. The highest BCUT2D eigenvalue weighted by Gasteiger charge is 2.31. The average molecular weight is 313 g/mol. The largest absolute Gasteiger partial charge is 0.295 e. The fourth-order valence-electron chi connectivity index (χ4n) is 2.34. The van der Waals surface area contributed by atoms with E-state index in [1.54, 1.807) is 16.4 Å². The average Bonchev–Trinajstić information content (AvgIpc) is 2.37. The second-order valence-electron chi connectivity index (χ2n) is 5.16. The van der Waals surface area contributed by atoms with E-state index < -0.39 is 10.0 Å². The van der Waals surface area contributed by atoms with Gasteiger partial charge in [-0.15, -0.1) is 0 Å². The molecular weight excluding hydrogens is 294 g/mol. The van der Waals surface area contributed by atoms with Gasteiger partial charge in [0.2, 0.25) is 10.0 Å². The van der Waals surface area contributed by atoms with Gasteiger partial charge >= 0.3 is 0 Å². The monoisotopic (exact) mass is 313 g/mol. The summed E-state index contributed by atoms with van der Waals surface area (Å²) in [6, 6.07) is 6.17. The second kappa shape index (κ2) is 5.87. The molecule has 0 saturated carbocycles. The Balaban J connectivity index is 2.27. The number of thioether (sulfide) groups is 1. The van der Waals surface area contributed by atoms with Crippen LogP contribution in [0, 0.1) is 0 Å². The maximum Gasteiger partial charge on any atom is 0.243 e. The number of hydrogen-bond acceptors (Lipinski definition) is 4. The Bertz CT molecular complexity index is 585. The number of hydrogen-bond donors (Lipinski definition) is 0. The predicted molar refractivity (Wildman–Crippen MR) is 81.7 cm³/mol. The Morgan fingerprint density at radius 3 is 2.10 bits per heavy atom. The standard InChI is InChI=1S/C14H19NO3S2/c1-10-8-15(9-11(2)19-10)20(17,18)14-6-4-13(5-7-14)12(3)16/h4-7,10-11H,8-9H2,1-3H3. The Morgan fingerprint density at radius 2 is 1.65 bits per heavy atom. The first kappa shape index (κ1) is 15.5. The number of carbonyl (C=O) groups excluding carboxylic acids is 1. The molecule has 0 spiro atoms. The molecule has 1 fully saturated rings. The number of ketones is 1. The first-order chi connectivity index (χ1) is 9.30. The third-order valence-electron chi connectivity index (χ3n) is 3.28. The normalized spacial score (nSPS) is 24.6. The third kappa shape index (κ3) is 3.24. The van der Waals surface area contributed by atoms with Crippen LogP contribution in [-0.2, 0) is 10.0 Å². The van der Waals surface area contributed by atoms with Gasteiger partial charge in [0, 0.05) is 29.2 Å². The van der Waals surface area contributed by atoms with Gasteiger partial charge in [0.25, 0.3) is 0 Å². The molecule has 2 rings (SSSR count). The number of carbonyl (C=O) groups is 1. The van der Waals surface area contributed by atoms with Crippen molar-refractivity contribution in [3.8, 4) is 0 Å². The lowest BCUT2D eigenvalue weighted by Gasteiger charge is -2.33. The van der Waals surface area contributed by atoms with Crippen molar-refractivity contribution in [2.24, 2.45) is 0 Å². The van der Waals surface area contributed by atoms with Gasteiger partial charge in [-0.3, -0.25) is 4.79 Å². The van der Waals surface area contributed by atoms with Crippen LogP contribution in [-0.4, -0.2) is 42.1 Å². The summed E-state index contributed by atoms with van der Waals surface area (Å²) in [5.41, 5.74) is 0.528. The molecule has 20 heavy (non-hydrogen) atoms. The van der Waals surface area contributed by atoms with Crippen molar-refractivity contribution in [3.05, 3.63) is 29.8 Å². The van der Waals surface area contributed by atoms with Crippen LogP contribution in [0.5, 0.6) is 0 Å². The van der Waals surface area contributed by atoms with Crippen LogP contribution in [0.4, 0.5) is 0 Å². The Labute approximate surface area is 124 Å². The molecule has 0 radical (unpaired) electrons. The molecule has 110 valence electrons. The van der Waals surface area contributed by atoms with Crippen LogP contribution < -0.4 is 0 Å². The first-order valence-corrected chi connectivity index (χ1v) is 8.95. The molecule has 2 atom stereocenters. The van der Waals surface area contributed by atoms with Gasteiger partial charge in [-0.2, -0.15) is 16.1 Å². The third-order valence-corrected chi connectivity index (χ3v) is 6.36. The molecule has 1 aliphatic rings. The summed E-state index contributed by atoms with van der Waals surface area (Å²) < 4.78 is 26.7. The van der Waals surface area contributed by atoms with E-state index in [0.717, 1.165) is 0 Å². The Morgan fingerprint density at radius 1 is 1.15 bits per heavy atom. The Kier molecular flexibility index (Phi) is 4.56. The highest BCUT2D eigenvalue weighted by Crippen LogP contribution is 2.28. The number of sulfonamides is 1. The van der Waals surface area contributed by atoms with E-state index in [1.807, 2.05) is 25.6 Å². The quantitative estimate of drug-likeness (QED) is 0.804. The number of nitrogens with zero attached hydrogens (tertiary/aromatic N) is 1. The molecule has 1 aromatic rings. The van der Waals surface area contributed by atoms with Gasteiger partial charge in [-0.1, -0.05) is 26.0 Å². The van der Waals surface area contributed by atoms with Gasteiger partial charge in [-0.25, -0.2) is 8.42 Å². The van der Waals surface area contributed by atoms with Crippen LogP contribution in [0.25, 0.3) is 0 Å². The van der Waals surface area contributed by atoms with E-state index in [-0.39, 0.29) is 10.7 Å². The summed E-state index contributed by atoms with van der Waals surface area (Å²) in [7, 11) is -3.46. The lowest BCUT2D eigenvalue weighted by atomic mass is 10.2. The van der Waals surface area contributed by atoms with Gasteiger partial charge in [0.15, 0.2) is 5.78 Å². The molecule has 6 heteroatoms. The summed E-state index contributed by atoms with van der Waals surface area (Å²) >= 11 is 1.81. The summed E-state index contributed by atoms with van der Waals surface area (Å²) in [6.45, 7) is 6.62. The minimum atomic E-state index is -3.46. The lowest BCUT2D eigenvalue weighted by molar-refractivity contribution is 0.101. The van der Waals surface area contributed by atoms with Gasteiger partial charge in [-0.05, 0) is 19.1 Å².